The Hall–Kier alpha value is -1.36. The zero-order chi connectivity index (χ0) is 14.3. The average Bonchev–Trinajstić information content (AvgIpc) is 2.39. The molecular formula is C14H25N3O2. The smallest absolute Gasteiger partial charge is 0.236 e. The molecule has 19 heavy (non-hydrogen) atoms. The number of carbonyl (C=O) groups is 2. The number of piperidine rings is 1. The molecule has 5 nitrogen and oxygen atoms in total. The second kappa shape index (κ2) is 7.94. The molecule has 1 fully saturated rings. The van der Waals surface area contributed by atoms with E-state index in [-0.39, 0.29) is 23.8 Å². The maximum Gasteiger partial charge on any atom is 0.236 e. The quantitative estimate of drug-likeness (QED) is 0.545. The first-order chi connectivity index (χ1) is 9.04. The van der Waals surface area contributed by atoms with E-state index in [1.165, 1.54) is 0 Å². The lowest BCUT2D eigenvalue weighted by Gasteiger charge is -2.32. The Balaban J connectivity index is 2.26. The first-order valence-corrected chi connectivity index (χ1v) is 6.94. The molecule has 0 aliphatic carbocycles. The van der Waals surface area contributed by atoms with E-state index in [1.54, 1.807) is 6.08 Å². The van der Waals surface area contributed by atoms with E-state index in [1.807, 2.05) is 18.7 Å². The molecule has 5 heteroatoms. The summed E-state index contributed by atoms with van der Waals surface area (Å²) < 4.78 is 0. The fourth-order valence-electron chi connectivity index (χ4n) is 2.03. The largest absolute Gasteiger partial charge is 0.353 e. The fourth-order valence-corrected chi connectivity index (χ4v) is 2.03. The predicted octanol–water partition coefficient (Wildman–Crippen LogP) is 0.525. The van der Waals surface area contributed by atoms with E-state index in [0.29, 0.717) is 13.1 Å². The summed E-state index contributed by atoms with van der Waals surface area (Å²) in [6.45, 7) is 9.81. The summed E-state index contributed by atoms with van der Waals surface area (Å²) in [6.07, 6.45) is 3.41. The van der Waals surface area contributed by atoms with Crippen LogP contribution in [0.3, 0.4) is 0 Å². The van der Waals surface area contributed by atoms with E-state index < -0.39 is 0 Å². The molecule has 0 spiro atoms. The van der Waals surface area contributed by atoms with Crippen molar-refractivity contribution in [3.8, 4) is 0 Å². The summed E-state index contributed by atoms with van der Waals surface area (Å²) in [6, 6.07) is 0.208. The SMILES string of the molecule is C=CCNCC(=O)N1CCC(NC(=O)C(C)C)CC1. The van der Waals surface area contributed by atoms with Crippen molar-refractivity contribution in [3.63, 3.8) is 0 Å². The van der Waals surface area contributed by atoms with Crippen molar-refractivity contribution >= 4 is 11.8 Å². The van der Waals surface area contributed by atoms with Gasteiger partial charge < -0.3 is 15.5 Å². The van der Waals surface area contributed by atoms with Gasteiger partial charge in [-0.15, -0.1) is 6.58 Å². The summed E-state index contributed by atoms with van der Waals surface area (Å²) >= 11 is 0. The number of hydrogen-bond acceptors (Lipinski definition) is 3. The molecule has 1 saturated heterocycles. The molecule has 1 rings (SSSR count). The Morgan fingerprint density at radius 3 is 2.53 bits per heavy atom. The highest BCUT2D eigenvalue weighted by Gasteiger charge is 2.23. The van der Waals surface area contributed by atoms with Gasteiger partial charge in [0.1, 0.15) is 0 Å². The Morgan fingerprint density at radius 2 is 2.00 bits per heavy atom. The van der Waals surface area contributed by atoms with Crippen LogP contribution < -0.4 is 10.6 Å². The predicted molar refractivity (Wildman–Crippen MR) is 75.6 cm³/mol. The molecule has 0 aromatic heterocycles. The number of hydrogen-bond donors (Lipinski definition) is 2. The zero-order valence-corrected chi connectivity index (χ0v) is 11.9. The minimum atomic E-state index is 0.0164. The Bertz CT molecular complexity index is 321. The topological polar surface area (TPSA) is 61.4 Å². The molecule has 0 bridgehead atoms. The van der Waals surface area contributed by atoms with E-state index in [0.717, 1.165) is 25.9 Å². The lowest BCUT2D eigenvalue weighted by Crippen LogP contribution is -2.49. The number of amides is 2. The summed E-state index contributed by atoms with van der Waals surface area (Å²) in [5, 5.41) is 6.04. The Kier molecular flexibility index (Phi) is 6.56. The molecule has 0 unspecified atom stereocenters. The summed E-state index contributed by atoms with van der Waals surface area (Å²) in [5.41, 5.74) is 0. The molecule has 0 aromatic rings. The van der Waals surface area contributed by atoms with Crippen molar-refractivity contribution in [2.24, 2.45) is 5.92 Å². The van der Waals surface area contributed by atoms with E-state index in [4.69, 9.17) is 0 Å². The normalized spacial score (nSPS) is 16.5. The van der Waals surface area contributed by atoms with E-state index in [2.05, 4.69) is 17.2 Å². The van der Waals surface area contributed by atoms with Gasteiger partial charge in [0, 0.05) is 31.6 Å². The highest BCUT2D eigenvalue weighted by atomic mass is 16.2. The number of carbonyl (C=O) groups excluding carboxylic acids is 2. The molecule has 1 aliphatic heterocycles. The lowest BCUT2D eigenvalue weighted by molar-refractivity contribution is -0.131. The second-order valence-electron chi connectivity index (χ2n) is 5.24. The van der Waals surface area contributed by atoms with E-state index >= 15 is 0 Å². The van der Waals surface area contributed by atoms with Gasteiger partial charge >= 0.3 is 0 Å². The minimum Gasteiger partial charge on any atom is -0.353 e. The zero-order valence-electron chi connectivity index (χ0n) is 11.9. The van der Waals surface area contributed by atoms with Gasteiger partial charge in [-0.3, -0.25) is 9.59 Å². The molecule has 108 valence electrons. The maximum atomic E-state index is 11.9. The van der Waals surface area contributed by atoms with Gasteiger partial charge in [-0.25, -0.2) is 0 Å². The number of likely N-dealkylation sites (tertiary alicyclic amines) is 1. The van der Waals surface area contributed by atoms with Crippen LogP contribution in [-0.4, -0.2) is 48.9 Å². The van der Waals surface area contributed by atoms with Gasteiger partial charge in [-0.2, -0.15) is 0 Å². The fraction of sp³-hybridized carbons (Fsp3) is 0.714. The van der Waals surface area contributed by atoms with Crippen molar-refractivity contribution in [2.75, 3.05) is 26.2 Å². The van der Waals surface area contributed by atoms with Crippen molar-refractivity contribution < 1.29 is 9.59 Å². The van der Waals surface area contributed by atoms with Crippen LogP contribution in [0.25, 0.3) is 0 Å². The number of rotatable bonds is 6. The van der Waals surface area contributed by atoms with Crippen LogP contribution >= 0.6 is 0 Å². The molecule has 2 amide bonds. The minimum absolute atomic E-state index is 0.0164. The number of nitrogens with zero attached hydrogens (tertiary/aromatic N) is 1. The first-order valence-electron chi connectivity index (χ1n) is 6.94. The second-order valence-corrected chi connectivity index (χ2v) is 5.24. The van der Waals surface area contributed by atoms with Gasteiger partial charge in [-0.05, 0) is 12.8 Å². The van der Waals surface area contributed by atoms with Gasteiger partial charge in [0.05, 0.1) is 6.54 Å². The monoisotopic (exact) mass is 267 g/mol. The summed E-state index contributed by atoms with van der Waals surface area (Å²) in [4.78, 5) is 25.3. The summed E-state index contributed by atoms with van der Waals surface area (Å²) in [5.74, 6) is 0.232. The van der Waals surface area contributed by atoms with Crippen LogP contribution in [0.5, 0.6) is 0 Å². The Labute approximate surface area is 115 Å². The molecule has 2 N–H and O–H groups in total. The molecule has 0 radical (unpaired) electrons. The molecule has 1 aliphatic rings. The van der Waals surface area contributed by atoms with Gasteiger partial charge in [0.15, 0.2) is 0 Å². The molecule has 0 atom stereocenters. The first kappa shape index (κ1) is 15.7. The highest BCUT2D eigenvalue weighted by Crippen LogP contribution is 2.11. The third-order valence-electron chi connectivity index (χ3n) is 3.28. The molecule has 1 heterocycles. The van der Waals surface area contributed by atoms with Gasteiger partial charge in [0.25, 0.3) is 0 Å². The third-order valence-corrected chi connectivity index (χ3v) is 3.28. The van der Waals surface area contributed by atoms with Gasteiger partial charge in [-0.1, -0.05) is 19.9 Å². The molecule has 0 aromatic carbocycles. The van der Waals surface area contributed by atoms with Crippen molar-refractivity contribution in [1.82, 2.24) is 15.5 Å². The van der Waals surface area contributed by atoms with E-state index in [9.17, 15) is 9.59 Å². The lowest BCUT2D eigenvalue weighted by atomic mass is 10.0. The van der Waals surface area contributed by atoms with Crippen molar-refractivity contribution in [3.05, 3.63) is 12.7 Å². The maximum absolute atomic E-state index is 11.9. The third kappa shape index (κ3) is 5.42. The number of nitrogens with one attached hydrogen (secondary N) is 2. The Morgan fingerprint density at radius 1 is 1.37 bits per heavy atom. The van der Waals surface area contributed by atoms with Crippen LogP contribution in [0.2, 0.25) is 0 Å². The molecular weight excluding hydrogens is 242 g/mol. The van der Waals surface area contributed by atoms with Crippen LogP contribution in [-0.2, 0) is 9.59 Å². The highest BCUT2D eigenvalue weighted by molar-refractivity contribution is 5.79. The van der Waals surface area contributed by atoms with Crippen LogP contribution in [0, 0.1) is 5.92 Å². The van der Waals surface area contributed by atoms with Crippen LogP contribution in [0.1, 0.15) is 26.7 Å². The van der Waals surface area contributed by atoms with Crippen molar-refractivity contribution in [2.45, 2.75) is 32.7 Å². The van der Waals surface area contributed by atoms with Crippen LogP contribution in [0.15, 0.2) is 12.7 Å². The van der Waals surface area contributed by atoms with Crippen LogP contribution in [0.4, 0.5) is 0 Å². The summed E-state index contributed by atoms with van der Waals surface area (Å²) in [7, 11) is 0. The molecule has 0 saturated carbocycles. The van der Waals surface area contributed by atoms with Crippen molar-refractivity contribution in [1.29, 1.82) is 0 Å². The van der Waals surface area contributed by atoms with Gasteiger partial charge in [0.2, 0.25) is 11.8 Å². The standard InChI is InChI=1S/C14H25N3O2/c1-4-7-15-10-13(18)17-8-5-12(6-9-17)16-14(19)11(2)3/h4,11-12,15H,1,5-10H2,2-3H3,(H,16,19). The average molecular weight is 267 g/mol.